The summed E-state index contributed by atoms with van der Waals surface area (Å²) in [6, 6.07) is 20.1. The van der Waals surface area contributed by atoms with E-state index in [2.05, 4.69) is 10.3 Å². The lowest BCUT2D eigenvalue weighted by Crippen LogP contribution is -2.32. The first-order chi connectivity index (χ1) is 26.9. The molecule has 9 rings (SSSR count). The molecule has 0 radical (unpaired) electrons. The van der Waals surface area contributed by atoms with E-state index in [0.29, 0.717) is 90.9 Å². The van der Waals surface area contributed by atoms with Crippen molar-refractivity contribution in [2.75, 3.05) is 0 Å². The van der Waals surface area contributed by atoms with Gasteiger partial charge in [0.05, 0.1) is 22.8 Å². The second-order valence-electron chi connectivity index (χ2n) is 14.1. The van der Waals surface area contributed by atoms with Gasteiger partial charge in [-0.15, -0.1) is 0 Å². The van der Waals surface area contributed by atoms with Crippen LogP contribution in [-0.4, -0.2) is 69.3 Å². The number of rotatable bonds is 4. The minimum absolute atomic E-state index is 0.134. The van der Waals surface area contributed by atoms with Crippen molar-refractivity contribution in [3.63, 3.8) is 0 Å². The third-order valence-electron chi connectivity index (χ3n) is 10.2. The van der Waals surface area contributed by atoms with Gasteiger partial charge in [-0.05, 0) is 120 Å². The molecule has 10 N–H and O–H groups in total. The van der Waals surface area contributed by atoms with E-state index < -0.39 is 0 Å². The van der Waals surface area contributed by atoms with Crippen LogP contribution in [0.1, 0.15) is 35.1 Å². The molecule has 4 aromatic carbocycles. The Morgan fingerprint density at radius 2 is 0.732 bits per heavy atom. The first kappa shape index (κ1) is 34.3. The van der Waals surface area contributed by atoms with Crippen molar-refractivity contribution in [2.24, 2.45) is 9.98 Å². The average Bonchev–Trinajstić information content (AvgIpc) is 3.94. The molecule has 1 saturated heterocycles. The van der Waals surface area contributed by atoms with Crippen LogP contribution in [0.4, 0.5) is 0 Å². The molecule has 5 aromatic rings. The predicted octanol–water partition coefficient (Wildman–Crippen LogP) is 5.04. The Bertz CT molecular complexity index is 2570. The van der Waals surface area contributed by atoms with Crippen molar-refractivity contribution in [1.82, 2.24) is 10.3 Å². The fourth-order valence-corrected chi connectivity index (χ4v) is 8.11. The van der Waals surface area contributed by atoms with Crippen LogP contribution >= 0.6 is 0 Å². The van der Waals surface area contributed by atoms with Crippen LogP contribution in [-0.2, 0) is 0 Å². The van der Waals surface area contributed by atoms with Gasteiger partial charge in [-0.25, -0.2) is 9.98 Å². The Hall–Kier alpha value is -7.44. The number of nitrogens with zero attached hydrogens (tertiary/aromatic N) is 2. The standard InChI is InChI=1S/C44H34N4O8/c49-25-9-21(10-26(50)17-25)41-33-1-2-34(45-33)42(22-11-27(51)18-28(52)12-22)36-5-6-38(47-36)44(24-15-31(55)20-32(56)16-24)40-8-7-39(48-40)43(37-4-3-35(41)46-37)23-13-29(53)19-30(54)14-23/h1-6,9-20,39-40,45,48-56H,7-8H2/b41-33-,42-34-,43-37-,44-38-. The highest BCUT2D eigenvalue weighted by Gasteiger charge is 2.35. The molecule has 1 fully saturated rings. The second kappa shape index (κ2) is 13.1. The maximum Gasteiger partial charge on any atom is 0.119 e. The summed E-state index contributed by atoms with van der Waals surface area (Å²) in [5, 5.41) is 89.7. The molecule has 4 aliphatic rings. The molecule has 56 heavy (non-hydrogen) atoms. The number of aromatic nitrogens is 1. The number of nitrogens with one attached hydrogen (secondary N) is 2. The van der Waals surface area contributed by atoms with Gasteiger partial charge in [0.25, 0.3) is 0 Å². The molecule has 0 spiro atoms. The van der Waals surface area contributed by atoms with E-state index in [1.165, 1.54) is 48.5 Å². The number of aromatic hydroxyl groups is 8. The van der Waals surface area contributed by atoms with Crippen molar-refractivity contribution in [2.45, 2.75) is 24.9 Å². The highest BCUT2D eigenvalue weighted by molar-refractivity contribution is 6.31. The zero-order valence-electron chi connectivity index (χ0n) is 29.4. The van der Waals surface area contributed by atoms with Gasteiger partial charge in [0.2, 0.25) is 0 Å². The number of allylic oxidation sites excluding steroid dienone is 4. The fraction of sp³-hybridized carbons (Fsp3) is 0.0909. The Labute approximate surface area is 318 Å². The summed E-state index contributed by atoms with van der Waals surface area (Å²) >= 11 is 0. The molecule has 278 valence electrons. The normalized spacial score (nSPS) is 23.4. The molecular formula is C44H34N4O8. The van der Waals surface area contributed by atoms with Gasteiger partial charge < -0.3 is 51.2 Å². The largest absolute Gasteiger partial charge is 0.508 e. The quantitative estimate of drug-likeness (QED) is 0.119. The summed E-state index contributed by atoms with van der Waals surface area (Å²) in [6.07, 6.45) is 8.46. The van der Waals surface area contributed by atoms with E-state index in [1.54, 1.807) is 24.3 Å². The van der Waals surface area contributed by atoms with E-state index in [0.717, 1.165) is 0 Å². The lowest BCUT2D eigenvalue weighted by atomic mass is 9.93. The summed E-state index contributed by atoms with van der Waals surface area (Å²) < 4.78 is 0. The van der Waals surface area contributed by atoms with E-state index in [1.807, 2.05) is 36.4 Å². The van der Waals surface area contributed by atoms with E-state index >= 15 is 0 Å². The number of phenols is 8. The predicted molar refractivity (Wildman–Crippen MR) is 211 cm³/mol. The number of hydrogen-bond donors (Lipinski definition) is 10. The van der Waals surface area contributed by atoms with Gasteiger partial charge in [0.15, 0.2) is 0 Å². The summed E-state index contributed by atoms with van der Waals surface area (Å²) in [6.45, 7) is 0. The summed E-state index contributed by atoms with van der Waals surface area (Å²) in [5.74, 6) is -1.18. The molecule has 0 aliphatic carbocycles. The Morgan fingerprint density at radius 1 is 0.411 bits per heavy atom. The van der Waals surface area contributed by atoms with Crippen LogP contribution in [0.5, 0.6) is 46.0 Å². The van der Waals surface area contributed by atoms with Crippen molar-refractivity contribution in [1.29, 1.82) is 0 Å². The first-order valence-corrected chi connectivity index (χ1v) is 17.8. The summed E-state index contributed by atoms with van der Waals surface area (Å²) in [4.78, 5) is 13.7. The molecular weight excluding hydrogens is 713 g/mol. The molecule has 0 saturated carbocycles. The molecule has 2 atom stereocenters. The molecule has 12 heteroatoms. The van der Waals surface area contributed by atoms with Gasteiger partial charge in [-0.1, -0.05) is 0 Å². The van der Waals surface area contributed by atoms with Crippen LogP contribution in [0, 0.1) is 0 Å². The maximum atomic E-state index is 10.6. The Morgan fingerprint density at radius 3 is 1.07 bits per heavy atom. The lowest BCUT2D eigenvalue weighted by molar-refractivity contribution is 0.449. The summed E-state index contributed by atoms with van der Waals surface area (Å²) in [5.41, 5.74) is 6.46. The van der Waals surface area contributed by atoms with E-state index in [4.69, 9.17) is 9.98 Å². The molecule has 5 heterocycles. The minimum Gasteiger partial charge on any atom is -0.508 e. The van der Waals surface area contributed by atoms with E-state index in [9.17, 15) is 40.9 Å². The Balaban J connectivity index is 1.40. The van der Waals surface area contributed by atoms with Crippen molar-refractivity contribution >= 4 is 33.7 Å². The molecule has 2 unspecified atom stereocenters. The second-order valence-corrected chi connectivity index (χ2v) is 14.1. The number of phenolic OH excluding ortho intramolecular Hbond substituents is 8. The number of aliphatic imine (C=N–C) groups is 2. The van der Waals surface area contributed by atoms with Crippen molar-refractivity contribution in [3.05, 3.63) is 154 Å². The van der Waals surface area contributed by atoms with E-state index in [-0.39, 0.29) is 58.1 Å². The highest BCUT2D eigenvalue weighted by atomic mass is 16.3. The highest BCUT2D eigenvalue weighted by Crippen LogP contribution is 2.41. The van der Waals surface area contributed by atoms with Gasteiger partial charge in [-0.2, -0.15) is 0 Å². The molecule has 8 bridgehead atoms. The van der Waals surface area contributed by atoms with Gasteiger partial charge >= 0.3 is 0 Å². The lowest BCUT2D eigenvalue weighted by Gasteiger charge is -2.22. The number of aromatic amines is 1. The topological polar surface area (TPSA) is 214 Å². The van der Waals surface area contributed by atoms with Crippen LogP contribution < -0.4 is 16.0 Å². The molecule has 1 aromatic heterocycles. The number of hydrogen-bond acceptors (Lipinski definition) is 11. The van der Waals surface area contributed by atoms with Gasteiger partial charge in [0, 0.05) is 69.3 Å². The average molecular weight is 747 g/mol. The van der Waals surface area contributed by atoms with Crippen LogP contribution in [0.3, 0.4) is 0 Å². The maximum absolute atomic E-state index is 10.6. The minimum atomic E-state index is -0.380. The van der Waals surface area contributed by atoms with Crippen LogP contribution in [0.15, 0.2) is 131 Å². The van der Waals surface area contributed by atoms with Crippen LogP contribution in [0.25, 0.3) is 22.3 Å². The SMILES string of the molecule is Oc1cc(O)cc(/C2=C3\C=CC(=N3)/C(c3cc(O)cc(O)c3)=c3/cc/c([nH]3)=C(\c3cc(O)cc(O)c3)C3=N/C(=C(/c4cc(O)cc(O)c4)C4CCC2N4)C=C3)c1. The third-order valence-corrected chi connectivity index (χ3v) is 10.2. The zero-order chi connectivity index (χ0) is 38.8. The molecule has 4 aliphatic heterocycles. The van der Waals surface area contributed by atoms with Gasteiger partial charge in [0.1, 0.15) is 46.0 Å². The number of fused-ring (bicyclic) bond motifs is 6. The zero-order valence-corrected chi connectivity index (χ0v) is 29.4. The summed E-state index contributed by atoms with van der Waals surface area (Å²) in [7, 11) is 0. The molecule has 0 amide bonds. The van der Waals surface area contributed by atoms with Gasteiger partial charge in [-0.3, -0.25) is 0 Å². The van der Waals surface area contributed by atoms with Crippen LogP contribution in [0.2, 0.25) is 0 Å². The third kappa shape index (κ3) is 6.23. The number of H-pyrrole nitrogens is 1. The van der Waals surface area contributed by atoms with Crippen molar-refractivity contribution < 1.29 is 40.9 Å². The first-order valence-electron chi connectivity index (χ1n) is 17.8. The molecule has 12 nitrogen and oxygen atoms in total. The van der Waals surface area contributed by atoms with Crippen molar-refractivity contribution in [3.8, 4) is 46.0 Å². The Kier molecular flexibility index (Phi) is 8.06. The fourth-order valence-electron chi connectivity index (χ4n) is 8.11. The monoisotopic (exact) mass is 746 g/mol. The smallest absolute Gasteiger partial charge is 0.119 e. The number of benzene rings is 4.